The molecular weight excluding hydrogens is 387 g/mol. The highest BCUT2D eigenvalue weighted by molar-refractivity contribution is 5.92. The number of hydrogen-bond donors (Lipinski definition) is 1. The Balaban J connectivity index is 1.28. The van der Waals surface area contributed by atoms with Crippen LogP contribution in [0.25, 0.3) is 11.4 Å². The molecule has 4 rings (SSSR count). The van der Waals surface area contributed by atoms with E-state index in [9.17, 15) is 9.18 Å². The molecule has 1 saturated heterocycles. The largest absolute Gasteiger partial charge is 0.497 e. The maximum absolute atomic E-state index is 13.0. The van der Waals surface area contributed by atoms with Gasteiger partial charge in [0.25, 0.3) is 0 Å². The van der Waals surface area contributed by atoms with Crippen molar-refractivity contribution in [3.63, 3.8) is 0 Å². The first-order valence-electron chi connectivity index (χ1n) is 9.86. The Kier molecular flexibility index (Phi) is 6.04. The minimum Gasteiger partial charge on any atom is -0.497 e. The number of benzene rings is 2. The third-order valence-electron chi connectivity index (χ3n) is 5.22. The fourth-order valence-corrected chi connectivity index (χ4v) is 3.53. The first-order chi connectivity index (χ1) is 14.6. The average Bonchev–Trinajstić information content (AvgIpc) is 3.26. The number of nitrogens with zero attached hydrogens (tertiary/aromatic N) is 3. The highest BCUT2D eigenvalue weighted by Crippen LogP contribution is 2.29. The smallest absolute Gasteiger partial charge is 0.238 e. The summed E-state index contributed by atoms with van der Waals surface area (Å²) in [4.78, 5) is 18.9. The minimum atomic E-state index is -0.328. The fraction of sp³-hybridized carbons (Fsp3) is 0.318. The molecule has 7 nitrogen and oxygen atoms in total. The van der Waals surface area contributed by atoms with E-state index < -0.39 is 0 Å². The Morgan fingerprint density at radius 2 is 1.87 bits per heavy atom. The summed E-state index contributed by atoms with van der Waals surface area (Å²) in [5, 5.41) is 6.90. The van der Waals surface area contributed by atoms with Crippen molar-refractivity contribution in [3.05, 3.63) is 60.2 Å². The van der Waals surface area contributed by atoms with Crippen LogP contribution in [0.5, 0.6) is 5.75 Å². The van der Waals surface area contributed by atoms with Crippen molar-refractivity contribution >= 4 is 11.6 Å². The second kappa shape index (κ2) is 9.04. The number of carbonyl (C=O) groups is 1. The van der Waals surface area contributed by atoms with E-state index in [4.69, 9.17) is 9.26 Å². The fourth-order valence-electron chi connectivity index (χ4n) is 3.53. The highest BCUT2D eigenvalue weighted by Gasteiger charge is 2.26. The number of nitrogens with one attached hydrogen (secondary N) is 1. The number of ether oxygens (including phenoxy) is 1. The summed E-state index contributed by atoms with van der Waals surface area (Å²) in [7, 11) is 1.63. The Hall–Kier alpha value is -3.26. The zero-order valence-corrected chi connectivity index (χ0v) is 16.7. The van der Waals surface area contributed by atoms with Crippen molar-refractivity contribution in [1.29, 1.82) is 0 Å². The number of hydrogen-bond acceptors (Lipinski definition) is 6. The molecule has 2 aromatic carbocycles. The molecule has 1 aromatic heterocycles. The van der Waals surface area contributed by atoms with Crippen LogP contribution in [0.1, 0.15) is 24.7 Å². The van der Waals surface area contributed by atoms with Crippen molar-refractivity contribution in [2.75, 3.05) is 32.1 Å². The van der Waals surface area contributed by atoms with Gasteiger partial charge in [0.2, 0.25) is 17.6 Å². The van der Waals surface area contributed by atoms with Crippen LogP contribution in [0.15, 0.2) is 53.1 Å². The molecule has 0 saturated carbocycles. The first kappa shape index (κ1) is 20.0. The van der Waals surface area contributed by atoms with Gasteiger partial charge < -0.3 is 14.6 Å². The molecule has 1 aliphatic heterocycles. The second-order valence-electron chi connectivity index (χ2n) is 7.29. The van der Waals surface area contributed by atoms with Gasteiger partial charge in [0.15, 0.2) is 0 Å². The Bertz CT molecular complexity index is 980. The lowest BCUT2D eigenvalue weighted by Gasteiger charge is -2.29. The summed E-state index contributed by atoms with van der Waals surface area (Å²) in [5.41, 5.74) is 1.47. The quantitative estimate of drug-likeness (QED) is 0.667. The van der Waals surface area contributed by atoms with Crippen LogP contribution in [0, 0.1) is 5.82 Å². The zero-order valence-electron chi connectivity index (χ0n) is 16.7. The Morgan fingerprint density at radius 3 is 2.53 bits per heavy atom. The number of anilines is 1. The number of piperidine rings is 1. The number of rotatable bonds is 6. The van der Waals surface area contributed by atoms with Crippen molar-refractivity contribution in [2.45, 2.75) is 18.8 Å². The number of amides is 1. The summed E-state index contributed by atoms with van der Waals surface area (Å²) in [5.74, 6) is 1.72. The van der Waals surface area contributed by atoms with Crippen LogP contribution in [-0.2, 0) is 4.79 Å². The maximum atomic E-state index is 13.0. The van der Waals surface area contributed by atoms with Crippen molar-refractivity contribution < 1.29 is 18.4 Å². The molecule has 30 heavy (non-hydrogen) atoms. The van der Waals surface area contributed by atoms with Gasteiger partial charge in [-0.3, -0.25) is 9.69 Å². The molecule has 1 aliphatic rings. The highest BCUT2D eigenvalue weighted by atomic mass is 19.1. The number of likely N-dealkylation sites (tertiary alicyclic amines) is 1. The van der Waals surface area contributed by atoms with Gasteiger partial charge in [0, 0.05) is 17.2 Å². The lowest BCUT2D eigenvalue weighted by atomic mass is 9.97. The van der Waals surface area contributed by atoms with E-state index in [1.54, 1.807) is 19.2 Å². The number of aromatic nitrogens is 2. The van der Waals surface area contributed by atoms with Crippen LogP contribution in [0.3, 0.4) is 0 Å². The summed E-state index contributed by atoms with van der Waals surface area (Å²) < 4.78 is 23.6. The molecule has 3 aromatic rings. The first-order valence-corrected chi connectivity index (χ1v) is 9.86. The van der Waals surface area contributed by atoms with Gasteiger partial charge in [0.05, 0.1) is 13.7 Å². The van der Waals surface area contributed by atoms with E-state index in [1.165, 1.54) is 12.1 Å². The van der Waals surface area contributed by atoms with Gasteiger partial charge in [-0.1, -0.05) is 5.16 Å². The van der Waals surface area contributed by atoms with Gasteiger partial charge in [-0.05, 0) is 74.5 Å². The molecule has 0 spiro atoms. The molecule has 156 valence electrons. The minimum absolute atomic E-state index is 0.111. The zero-order chi connectivity index (χ0) is 20.9. The number of carbonyl (C=O) groups excluding carboxylic acids is 1. The molecular formula is C22H23FN4O3. The molecule has 0 radical (unpaired) electrons. The van der Waals surface area contributed by atoms with Crippen LogP contribution >= 0.6 is 0 Å². The molecule has 1 amide bonds. The van der Waals surface area contributed by atoms with Gasteiger partial charge >= 0.3 is 0 Å². The molecule has 0 unspecified atom stereocenters. The SMILES string of the molecule is COc1ccc(-c2noc(C3CCN(CC(=O)Nc4ccc(F)cc4)CC3)n2)cc1. The molecule has 0 bridgehead atoms. The van der Waals surface area contributed by atoms with Crippen molar-refractivity contribution in [2.24, 2.45) is 0 Å². The number of halogens is 1. The monoisotopic (exact) mass is 410 g/mol. The molecule has 2 heterocycles. The Morgan fingerprint density at radius 1 is 1.17 bits per heavy atom. The van der Waals surface area contributed by atoms with E-state index in [0.717, 1.165) is 37.2 Å². The van der Waals surface area contributed by atoms with E-state index in [-0.39, 0.29) is 17.6 Å². The summed E-state index contributed by atoms with van der Waals surface area (Å²) in [6.45, 7) is 1.83. The predicted molar refractivity (Wildman–Crippen MR) is 110 cm³/mol. The molecule has 0 atom stereocenters. The lowest BCUT2D eigenvalue weighted by Crippen LogP contribution is -2.38. The molecule has 8 heteroatoms. The normalized spacial score (nSPS) is 15.1. The van der Waals surface area contributed by atoms with E-state index >= 15 is 0 Å². The predicted octanol–water partition coefficient (Wildman–Crippen LogP) is 3.70. The summed E-state index contributed by atoms with van der Waals surface area (Å²) >= 11 is 0. The molecule has 1 N–H and O–H groups in total. The third-order valence-corrected chi connectivity index (χ3v) is 5.22. The van der Waals surface area contributed by atoms with Crippen molar-refractivity contribution in [3.8, 4) is 17.1 Å². The lowest BCUT2D eigenvalue weighted by molar-refractivity contribution is -0.117. The van der Waals surface area contributed by atoms with Crippen LogP contribution in [-0.4, -0.2) is 47.7 Å². The summed E-state index contributed by atoms with van der Waals surface area (Å²) in [6.07, 6.45) is 1.68. The van der Waals surface area contributed by atoms with Crippen LogP contribution < -0.4 is 10.1 Å². The third kappa shape index (κ3) is 4.83. The topological polar surface area (TPSA) is 80.5 Å². The standard InChI is InChI=1S/C22H23FN4O3/c1-29-19-8-2-15(3-9-19)21-25-22(30-26-21)16-10-12-27(13-11-16)14-20(28)24-18-6-4-17(23)5-7-18/h2-9,16H,10-14H2,1H3,(H,24,28). The van der Waals surface area contributed by atoms with Crippen LogP contribution in [0.4, 0.5) is 10.1 Å². The molecule has 0 aliphatic carbocycles. The Labute approximate surface area is 173 Å². The van der Waals surface area contributed by atoms with E-state index in [1.807, 2.05) is 24.3 Å². The second-order valence-corrected chi connectivity index (χ2v) is 7.29. The van der Waals surface area contributed by atoms with Crippen LogP contribution in [0.2, 0.25) is 0 Å². The average molecular weight is 410 g/mol. The summed E-state index contributed by atoms with van der Waals surface area (Å²) in [6, 6.07) is 13.3. The van der Waals surface area contributed by atoms with E-state index in [0.29, 0.717) is 23.9 Å². The van der Waals surface area contributed by atoms with Gasteiger partial charge in [-0.15, -0.1) is 0 Å². The van der Waals surface area contributed by atoms with Crippen molar-refractivity contribution in [1.82, 2.24) is 15.0 Å². The number of methoxy groups -OCH3 is 1. The van der Waals surface area contributed by atoms with Gasteiger partial charge in [-0.25, -0.2) is 4.39 Å². The van der Waals surface area contributed by atoms with Gasteiger partial charge in [-0.2, -0.15) is 4.98 Å². The maximum Gasteiger partial charge on any atom is 0.238 e. The molecule has 1 fully saturated rings. The van der Waals surface area contributed by atoms with E-state index in [2.05, 4.69) is 20.4 Å². The van der Waals surface area contributed by atoms with Gasteiger partial charge in [0.1, 0.15) is 11.6 Å².